The fraction of sp³-hybridized carbons (Fsp3) is 0. The number of rotatable bonds is 3. The van der Waals surface area contributed by atoms with Crippen LogP contribution in [0, 0.1) is 0 Å². The Morgan fingerprint density at radius 2 is 1.95 bits per heavy atom. The van der Waals surface area contributed by atoms with Gasteiger partial charge in [-0.05, 0) is 36.4 Å². The molecule has 1 aromatic carbocycles. The number of nitrogen functional groups attached to an aromatic ring is 1. The number of nitrogens with one attached hydrogen (secondary N) is 2. The fourth-order valence-corrected chi connectivity index (χ4v) is 2.06. The Morgan fingerprint density at radius 3 is 2.81 bits per heavy atom. The highest BCUT2D eigenvalue weighted by Gasteiger charge is 2.09. The lowest BCUT2D eigenvalue weighted by Crippen LogP contribution is -2.14. The van der Waals surface area contributed by atoms with Crippen LogP contribution in [0.4, 0.5) is 11.5 Å². The number of amides is 1. The van der Waals surface area contributed by atoms with E-state index >= 15 is 0 Å². The second-order valence-corrected chi connectivity index (χ2v) is 4.40. The van der Waals surface area contributed by atoms with Crippen LogP contribution in [-0.4, -0.2) is 15.9 Å². The van der Waals surface area contributed by atoms with Crippen LogP contribution in [0.1, 0.15) is 10.4 Å². The molecule has 6 heteroatoms. The zero-order chi connectivity index (χ0) is 14.7. The number of carbonyl (C=O) groups excluding carboxylic acids is 1. The molecule has 0 atom stereocenters. The summed E-state index contributed by atoms with van der Waals surface area (Å²) in [5, 5.41) is 3.77. The van der Waals surface area contributed by atoms with Crippen LogP contribution in [0.2, 0.25) is 0 Å². The highest BCUT2D eigenvalue weighted by atomic mass is 16.1. The number of fused-ring (bicyclic) bond motifs is 1. The molecule has 0 saturated carbocycles. The second kappa shape index (κ2) is 5.56. The van der Waals surface area contributed by atoms with Gasteiger partial charge in [-0.1, -0.05) is 6.07 Å². The number of nitrogens with zero attached hydrogens (tertiary/aromatic N) is 2. The average molecular weight is 279 g/mol. The number of hydrogen-bond acceptors (Lipinski definition) is 5. The van der Waals surface area contributed by atoms with Crippen molar-refractivity contribution < 1.29 is 4.79 Å². The molecule has 3 aromatic rings. The van der Waals surface area contributed by atoms with E-state index in [2.05, 4.69) is 20.7 Å². The van der Waals surface area contributed by atoms with E-state index < -0.39 is 0 Å². The van der Waals surface area contributed by atoms with Gasteiger partial charge in [0.05, 0.1) is 11.2 Å². The summed E-state index contributed by atoms with van der Waals surface area (Å²) in [5.74, 6) is 5.49. The molecule has 0 fully saturated rings. The summed E-state index contributed by atoms with van der Waals surface area (Å²) < 4.78 is 0. The van der Waals surface area contributed by atoms with Gasteiger partial charge in [-0.15, -0.1) is 0 Å². The molecular weight excluding hydrogens is 266 g/mol. The topological polar surface area (TPSA) is 92.9 Å². The Hall–Kier alpha value is -2.99. The highest BCUT2D eigenvalue weighted by Crippen LogP contribution is 2.22. The van der Waals surface area contributed by atoms with Gasteiger partial charge in [-0.25, -0.2) is 10.8 Å². The standard InChI is InChI=1S/C15H13N5O/c16-20-14-9-10(6-8-18-14)15(21)19-13-5-1-4-12-11(13)3-2-7-17-12/h1-9H,16H2,(H,18,20)(H,19,21). The van der Waals surface area contributed by atoms with E-state index in [0.717, 1.165) is 10.9 Å². The minimum atomic E-state index is -0.231. The monoisotopic (exact) mass is 279 g/mol. The number of nitrogens with two attached hydrogens (primary N) is 1. The summed E-state index contributed by atoms with van der Waals surface area (Å²) in [7, 11) is 0. The minimum Gasteiger partial charge on any atom is -0.321 e. The largest absolute Gasteiger partial charge is 0.321 e. The summed E-state index contributed by atoms with van der Waals surface area (Å²) in [6, 6.07) is 12.5. The predicted octanol–water partition coefficient (Wildman–Crippen LogP) is 2.17. The Morgan fingerprint density at radius 1 is 1.05 bits per heavy atom. The molecule has 1 amide bonds. The fourth-order valence-electron chi connectivity index (χ4n) is 2.06. The van der Waals surface area contributed by atoms with E-state index in [-0.39, 0.29) is 5.91 Å². The molecule has 3 rings (SSSR count). The number of aromatic nitrogens is 2. The molecule has 0 aliphatic carbocycles. The SMILES string of the molecule is NNc1cc(C(=O)Nc2cccc3ncccc23)ccn1. The molecule has 4 N–H and O–H groups in total. The van der Waals surface area contributed by atoms with Crippen LogP contribution >= 0.6 is 0 Å². The van der Waals surface area contributed by atoms with Gasteiger partial charge in [0, 0.05) is 23.3 Å². The van der Waals surface area contributed by atoms with Crippen molar-refractivity contribution in [2.75, 3.05) is 10.7 Å². The van der Waals surface area contributed by atoms with E-state index in [1.807, 2.05) is 30.3 Å². The van der Waals surface area contributed by atoms with Crippen LogP contribution in [0.25, 0.3) is 10.9 Å². The van der Waals surface area contributed by atoms with Gasteiger partial charge in [0.2, 0.25) is 0 Å². The number of anilines is 2. The summed E-state index contributed by atoms with van der Waals surface area (Å²) in [5.41, 5.74) is 4.43. The third-order valence-corrected chi connectivity index (χ3v) is 3.06. The van der Waals surface area contributed by atoms with Gasteiger partial charge < -0.3 is 10.7 Å². The van der Waals surface area contributed by atoms with E-state index in [0.29, 0.717) is 17.1 Å². The van der Waals surface area contributed by atoms with Crippen molar-refractivity contribution in [2.45, 2.75) is 0 Å². The molecule has 0 unspecified atom stereocenters. The molecule has 0 aliphatic heterocycles. The van der Waals surface area contributed by atoms with Crippen molar-refractivity contribution in [1.82, 2.24) is 9.97 Å². The summed E-state index contributed by atoms with van der Waals surface area (Å²) in [4.78, 5) is 20.5. The minimum absolute atomic E-state index is 0.231. The maximum Gasteiger partial charge on any atom is 0.255 e. The zero-order valence-electron chi connectivity index (χ0n) is 11.1. The van der Waals surface area contributed by atoms with Crippen LogP contribution in [0.3, 0.4) is 0 Å². The molecule has 0 aliphatic rings. The number of hydrazine groups is 1. The first-order chi connectivity index (χ1) is 10.3. The summed E-state index contributed by atoms with van der Waals surface area (Å²) in [6.07, 6.45) is 3.24. The maximum atomic E-state index is 12.3. The first kappa shape index (κ1) is 13.0. The molecule has 21 heavy (non-hydrogen) atoms. The molecule has 0 spiro atoms. The quantitative estimate of drug-likeness (QED) is 0.504. The maximum absolute atomic E-state index is 12.3. The Bertz CT molecular complexity index is 797. The average Bonchev–Trinajstić information content (AvgIpc) is 2.55. The molecule has 0 bridgehead atoms. The molecule has 6 nitrogen and oxygen atoms in total. The summed E-state index contributed by atoms with van der Waals surface area (Å²) in [6.45, 7) is 0. The van der Waals surface area contributed by atoms with E-state index in [4.69, 9.17) is 5.84 Å². The van der Waals surface area contributed by atoms with Crippen LogP contribution < -0.4 is 16.6 Å². The number of hydrogen-bond donors (Lipinski definition) is 3. The molecule has 0 saturated heterocycles. The first-order valence-electron chi connectivity index (χ1n) is 6.36. The zero-order valence-corrected chi connectivity index (χ0v) is 11.1. The lowest BCUT2D eigenvalue weighted by molar-refractivity contribution is 0.102. The normalized spacial score (nSPS) is 10.3. The molecule has 0 radical (unpaired) electrons. The number of carbonyl (C=O) groups is 1. The third-order valence-electron chi connectivity index (χ3n) is 3.06. The van der Waals surface area contributed by atoms with Gasteiger partial charge in [0.25, 0.3) is 5.91 Å². The Balaban J connectivity index is 1.93. The van der Waals surface area contributed by atoms with Gasteiger partial charge in [0.1, 0.15) is 5.82 Å². The van der Waals surface area contributed by atoms with Crippen molar-refractivity contribution in [3.05, 3.63) is 60.4 Å². The van der Waals surface area contributed by atoms with Crippen molar-refractivity contribution in [3.63, 3.8) is 0 Å². The highest BCUT2D eigenvalue weighted by molar-refractivity contribution is 6.08. The second-order valence-electron chi connectivity index (χ2n) is 4.40. The van der Waals surface area contributed by atoms with Crippen LogP contribution in [-0.2, 0) is 0 Å². The van der Waals surface area contributed by atoms with Gasteiger partial charge in [0.15, 0.2) is 0 Å². The Labute approximate surface area is 121 Å². The van der Waals surface area contributed by atoms with E-state index in [9.17, 15) is 4.79 Å². The molecule has 2 heterocycles. The van der Waals surface area contributed by atoms with Crippen molar-refractivity contribution in [1.29, 1.82) is 0 Å². The van der Waals surface area contributed by atoms with Crippen molar-refractivity contribution >= 4 is 28.3 Å². The third kappa shape index (κ3) is 2.65. The summed E-state index contributed by atoms with van der Waals surface area (Å²) >= 11 is 0. The first-order valence-corrected chi connectivity index (χ1v) is 6.36. The predicted molar refractivity (Wildman–Crippen MR) is 81.7 cm³/mol. The lowest BCUT2D eigenvalue weighted by Gasteiger charge is -2.09. The molecule has 2 aromatic heterocycles. The van der Waals surface area contributed by atoms with Gasteiger partial charge in [-0.2, -0.15) is 0 Å². The van der Waals surface area contributed by atoms with Gasteiger partial charge in [-0.3, -0.25) is 9.78 Å². The van der Waals surface area contributed by atoms with E-state index in [1.165, 1.54) is 6.20 Å². The molecule has 104 valence electrons. The number of benzene rings is 1. The smallest absolute Gasteiger partial charge is 0.255 e. The molecular formula is C15H13N5O. The Kier molecular flexibility index (Phi) is 3.44. The van der Waals surface area contributed by atoms with Crippen molar-refractivity contribution in [3.8, 4) is 0 Å². The number of pyridine rings is 2. The van der Waals surface area contributed by atoms with E-state index in [1.54, 1.807) is 18.3 Å². The van der Waals surface area contributed by atoms with Crippen LogP contribution in [0.5, 0.6) is 0 Å². The van der Waals surface area contributed by atoms with Crippen molar-refractivity contribution in [2.24, 2.45) is 5.84 Å². The van der Waals surface area contributed by atoms with Crippen LogP contribution in [0.15, 0.2) is 54.9 Å². The van der Waals surface area contributed by atoms with Gasteiger partial charge >= 0.3 is 0 Å². The lowest BCUT2D eigenvalue weighted by atomic mass is 10.1.